The van der Waals surface area contributed by atoms with Crippen LogP contribution in [0.25, 0.3) is 0 Å². The minimum atomic E-state index is -3.39. The van der Waals surface area contributed by atoms with Crippen molar-refractivity contribution >= 4 is 16.0 Å². The van der Waals surface area contributed by atoms with Crippen LogP contribution in [-0.2, 0) is 10.2 Å². The van der Waals surface area contributed by atoms with Crippen molar-refractivity contribution in [1.82, 2.24) is 8.61 Å². The zero-order valence-electron chi connectivity index (χ0n) is 16.8. The topological polar surface area (TPSA) is 101 Å². The van der Waals surface area contributed by atoms with Crippen LogP contribution >= 0.6 is 0 Å². The van der Waals surface area contributed by atoms with E-state index in [1.54, 1.807) is 18.2 Å². The largest absolute Gasteiger partial charge is 0.493 e. The number of piperazine rings is 1. The molecule has 10 heteroatoms. The Morgan fingerprint density at radius 2 is 1.93 bits per heavy atom. The van der Waals surface area contributed by atoms with E-state index in [4.69, 9.17) is 9.47 Å². The zero-order valence-corrected chi connectivity index (χ0v) is 17.7. The van der Waals surface area contributed by atoms with Crippen LogP contribution in [0, 0.1) is 0 Å². The van der Waals surface area contributed by atoms with Gasteiger partial charge in [-0.15, -0.1) is 0 Å². The van der Waals surface area contributed by atoms with Gasteiger partial charge in [-0.05, 0) is 25.1 Å². The minimum absolute atomic E-state index is 0.0658. The molecular formula is C18H30N3O6S+. The van der Waals surface area contributed by atoms with E-state index >= 15 is 0 Å². The van der Waals surface area contributed by atoms with E-state index < -0.39 is 16.3 Å². The van der Waals surface area contributed by atoms with Gasteiger partial charge in [0.2, 0.25) is 0 Å². The molecule has 1 aromatic carbocycles. The first-order valence-electron chi connectivity index (χ1n) is 9.16. The Bertz CT molecular complexity index is 776. The smallest absolute Gasteiger partial charge is 0.281 e. The van der Waals surface area contributed by atoms with E-state index in [1.165, 1.54) is 36.7 Å². The van der Waals surface area contributed by atoms with Crippen LogP contribution in [-0.4, -0.2) is 94.6 Å². The van der Waals surface area contributed by atoms with Gasteiger partial charge in [-0.3, -0.25) is 4.79 Å². The zero-order chi connectivity index (χ0) is 20.9. The van der Waals surface area contributed by atoms with Gasteiger partial charge in [-0.1, -0.05) is 0 Å². The number of benzene rings is 1. The molecule has 1 fully saturated rings. The number of rotatable bonds is 9. The lowest BCUT2D eigenvalue weighted by molar-refractivity contribution is -0.906. The summed E-state index contributed by atoms with van der Waals surface area (Å²) in [6.45, 7) is 4.11. The number of aliphatic hydroxyl groups excluding tert-OH is 1. The number of carbonyl (C=O) groups excluding carboxylic acids is 1. The predicted molar refractivity (Wildman–Crippen MR) is 104 cm³/mol. The van der Waals surface area contributed by atoms with E-state index in [0.29, 0.717) is 49.8 Å². The Balaban J connectivity index is 1.84. The summed E-state index contributed by atoms with van der Waals surface area (Å²) in [5.74, 6) is 0.835. The molecule has 1 heterocycles. The number of aliphatic hydroxyl groups is 1. The molecule has 0 unspecified atom stereocenters. The number of ketones is 1. The van der Waals surface area contributed by atoms with Crippen molar-refractivity contribution in [2.75, 3.05) is 60.5 Å². The second kappa shape index (κ2) is 9.66. The molecule has 158 valence electrons. The fourth-order valence-electron chi connectivity index (χ4n) is 3.05. The lowest BCUT2D eigenvalue weighted by Gasteiger charge is -2.33. The van der Waals surface area contributed by atoms with Crippen LogP contribution in [0.5, 0.6) is 11.5 Å². The molecule has 1 aliphatic rings. The van der Waals surface area contributed by atoms with Crippen molar-refractivity contribution in [3.63, 3.8) is 0 Å². The molecule has 0 aromatic heterocycles. The van der Waals surface area contributed by atoms with Crippen LogP contribution < -0.4 is 14.4 Å². The molecule has 0 spiro atoms. The monoisotopic (exact) mass is 416 g/mol. The van der Waals surface area contributed by atoms with Crippen LogP contribution in [0.15, 0.2) is 18.2 Å². The standard InChI is InChI=1S/C18H29N3O6S/c1-14(22)15-5-6-17(18(11-15)26-4)27-13-16(23)12-20-7-9-21(10-8-20)28(24,25)19(2)3/h5-6,11,16,23H,7-10,12-13H2,1-4H3/p+1/t16-/m0/s1. The molecule has 0 radical (unpaired) electrons. The first-order valence-corrected chi connectivity index (χ1v) is 10.6. The van der Waals surface area contributed by atoms with Crippen LogP contribution in [0.2, 0.25) is 0 Å². The summed E-state index contributed by atoms with van der Waals surface area (Å²) < 4.78 is 37.9. The Hall–Kier alpha value is -1.72. The molecule has 1 aliphatic heterocycles. The number of quaternary nitrogens is 1. The number of hydrogen-bond acceptors (Lipinski definition) is 6. The molecule has 1 saturated heterocycles. The SMILES string of the molecule is COc1cc(C(C)=O)ccc1OC[C@@H](O)C[NH+]1CCN(S(=O)(=O)N(C)C)CC1. The molecule has 0 amide bonds. The first-order chi connectivity index (χ1) is 13.1. The van der Waals surface area contributed by atoms with Crippen molar-refractivity contribution in [3.8, 4) is 11.5 Å². The van der Waals surface area contributed by atoms with Crippen LogP contribution in [0.4, 0.5) is 0 Å². The summed E-state index contributed by atoms with van der Waals surface area (Å²) >= 11 is 0. The predicted octanol–water partition coefficient (Wildman–Crippen LogP) is -1.36. The van der Waals surface area contributed by atoms with Gasteiger partial charge in [-0.25, -0.2) is 0 Å². The molecule has 1 aromatic rings. The molecule has 28 heavy (non-hydrogen) atoms. The molecule has 1 atom stereocenters. The summed E-state index contributed by atoms with van der Waals surface area (Å²) in [5, 5.41) is 10.3. The third-order valence-electron chi connectivity index (χ3n) is 4.74. The van der Waals surface area contributed by atoms with Crippen molar-refractivity contribution in [2.24, 2.45) is 0 Å². The Morgan fingerprint density at radius 1 is 1.29 bits per heavy atom. The normalized spacial score (nSPS) is 17.5. The van der Waals surface area contributed by atoms with Gasteiger partial charge in [0.05, 0.1) is 33.3 Å². The first kappa shape index (κ1) is 22.6. The van der Waals surface area contributed by atoms with Crippen molar-refractivity contribution in [2.45, 2.75) is 13.0 Å². The van der Waals surface area contributed by atoms with Gasteiger partial charge in [0, 0.05) is 19.7 Å². The number of ether oxygens (including phenoxy) is 2. The van der Waals surface area contributed by atoms with Gasteiger partial charge in [0.1, 0.15) is 19.3 Å². The molecular weight excluding hydrogens is 386 g/mol. The van der Waals surface area contributed by atoms with E-state index in [-0.39, 0.29) is 12.4 Å². The Kier molecular flexibility index (Phi) is 7.79. The second-order valence-corrected chi connectivity index (χ2v) is 9.17. The summed E-state index contributed by atoms with van der Waals surface area (Å²) in [6, 6.07) is 4.92. The third-order valence-corrected chi connectivity index (χ3v) is 6.68. The maximum atomic E-state index is 12.1. The summed E-state index contributed by atoms with van der Waals surface area (Å²) in [6.07, 6.45) is -0.704. The highest BCUT2D eigenvalue weighted by atomic mass is 32.2. The average Bonchev–Trinajstić information content (AvgIpc) is 2.66. The molecule has 9 nitrogen and oxygen atoms in total. The van der Waals surface area contributed by atoms with Crippen molar-refractivity contribution in [3.05, 3.63) is 23.8 Å². The minimum Gasteiger partial charge on any atom is -0.493 e. The summed E-state index contributed by atoms with van der Waals surface area (Å²) in [7, 11) is 1.15. The van der Waals surface area contributed by atoms with Crippen LogP contribution in [0.3, 0.4) is 0 Å². The third kappa shape index (κ3) is 5.65. The van der Waals surface area contributed by atoms with E-state index in [0.717, 1.165) is 4.90 Å². The number of carbonyl (C=O) groups is 1. The van der Waals surface area contributed by atoms with Gasteiger partial charge in [-0.2, -0.15) is 17.0 Å². The van der Waals surface area contributed by atoms with Gasteiger partial charge < -0.3 is 19.5 Å². The van der Waals surface area contributed by atoms with E-state index in [9.17, 15) is 18.3 Å². The highest BCUT2D eigenvalue weighted by Crippen LogP contribution is 2.28. The number of nitrogens with zero attached hydrogens (tertiary/aromatic N) is 2. The van der Waals surface area contributed by atoms with E-state index in [1.807, 2.05) is 0 Å². The van der Waals surface area contributed by atoms with Crippen molar-refractivity contribution in [1.29, 1.82) is 0 Å². The number of nitrogens with one attached hydrogen (secondary N) is 1. The fraction of sp³-hybridized carbons (Fsp3) is 0.611. The summed E-state index contributed by atoms with van der Waals surface area (Å²) in [5.41, 5.74) is 0.528. The highest BCUT2D eigenvalue weighted by molar-refractivity contribution is 7.86. The Morgan fingerprint density at radius 3 is 2.46 bits per heavy atom. The lowest BCUT2D eigenvalue weighted by atomic mass is 10.1. The van der Waals surface area contributed by atoms with Crippen molar-refractivity contribution < 1.29 is 32.7 Å². The number of Topliss-reactive ketones (excluding diaryl/α,β-unsaturated/α-hetero) is 1. The van der Waals surface area contributed by atoms with Gasteiger partial charge in [0.15, 0.2) is 17.3 Å². The molecule has 0 aliphatic carbocycles. The van der Waals surface area contributed by atoms with Gasteiger partial charge >= 0.3 is 0 Å². The van der Waals surface area contributed by atoms with Crippen LogP contribution in [0.1, 0.15) is 17.3 Å². The molecule has 0 saturated carbocycles. The second-order valence-electron chi connectivity index (χ2n) is 7.03. The quantitative estimate of drug-likeness (QED) is 0.483. The maximum absolute atomic E-state index is 12.1. The Labute approximate surface area is 166 Å². The van der Waals surface area contributed by atoms with E-state index in [2.05, 4.69) is 0 Å². The summed E-state index contributed by atoms with van der Waals surface area (Å²) in [4.78, 5) is 12.6. The molecule has 2 N–H and O–H groups in total. The number of methoxy groups -OCH3 is 1. The molecule has 0 bridgehead atoms. The molecule has 2 rings (SSSR count). The number of hydrogen-bond donors (Lipinski definition) is 2. The average molecular weight is 417 g/mol. The lowest BCUT2D eigenvalue weighted by Crippen LogP contribution is -3.16. The highest BCUT2D eigenvalue weighted by Gasteiger charge is 2.31. The van der Waals surface area contributed by atoms with Gasteiger partial charge in [0.25, 0.3) is 10.2 Å². The maximum Gasteiger partial charge on any atom is 0.281 e. The fourth-order valence-corrected chi connectivity index (χ4v) is 4.16.